The van der Waals surface area contributed by atoms with Crippen LogP contribution in [0.15, 0.2) is 18.2 Å². The van der Waals surface area contributed by atoms with Crippen LogP contribution in [-0.4, -0.2) is 13.1 Å². The molecule has 0 aromatic heterocycles. The molecule has 1 rings (SSSR count). The van der Waals surface area contributed by atoms with Gasteiger partial charge in [0.25, 0.3) is 0 Å². The molecule has 0 fully saturated rings. The normalized spacial score (nSPS) is 10.6. The summed E-state index contributed by atoms with van der Waals surface area (Å²) in [6.07, 6.45) is 0. The van der Waals surface area contributed by atoms with E-state index in [0.717, 1.165) is 0 Å². The van der Waals surface area contributed by atoms with Crippen molar-refractivity contribution in [1.82, 2.24) is 0 Å². The summed E-state index contributed by atoms with van der Waals surface area (Å²) >= 11 is 0. The second kappa shape index (κ2) is 3.82. The average molecular weight is 177 g/mol. The van der Waals surface area contributed by atoms with Gasteiger partial charge >= 0.3 is 0 Å². The molecule has 0 radical (unpaired) electrons. The fraction of sp³-hybridized carbons (Fsp3) is 0.500. The Kier molecular flexibility index (Phi) is 2.97. The van der Waals surface area contributed by atoms with Crippen molar-refractivity contribution in [2.24, 2.45) is 0 Å². The Bertz CT molecular complexity index is 269. The molecule has 0 saturated heterocycles. The van der Waals surface area contributed by atoms with E-state index in [1.54, 1.807) is 0 Å². The molecule has 1 nitrogen and oxygen atoms in total. The summed E-state index contributed by atoms with van der Waals surface area (Å²) in [4.78, 5) is 2.29. The highest BCUT2D eigenvalue weighted by atomic mass is 15.1. The third-order valence-electron chi connectivity index (χ3n) is 2.39. The van der Waals surface area contributed by atoms with Gasteiger partial charge in [-0.1, -0.05) is 6.07 Å². The molecule has 13 heavy (non-hydrogen) atoms. The first-order valence-electron chi connectivity index (χ1n) is 4.82. The van der Waals surface area contributed by atoms with Crippen molar-refractivity contribution in [2.45, 2.75) is 33.7 Å². The van der Waals surface area contributed by atoms with Crippen LogP contribution < -0.4 is 4.90 Å². The van der Waals surface area contributed by atoms with Gasteiger partial charge in [0.05, 0.1) is 0 Å². The molecule has 0 saturated carbocycles. The Morgan fingerprint density at radius 1 is 1.00 bits per heavy atom. The molecule has 0 aliphatic carbocycles. The van der Waals surface area contributed by atoms with Crippen molar-refractivity contribution in [1.29, 1.82) is 0 Å². The molecule has 0 amide bonds. The van der Waals surface area contributed by atoms with Crippen molar-refractivity contribution in [3.8, 4) is 0 Å². The summed E-state index contributed by atoms with van der Waals surface area (Å²) in [5, 5.41) is 0. The lowest BCUT2D eigenvalue weighted by atomic mass is 10.1. The zero-order chi connectivity index (χ0) is 10.0. The van der Waals surface area contributed by atoms with Crippen LogP contribution in [0.25, 0.3) is 0 Å². The molecular formula is C12H19N. The lowest BCUT2D eigenvalue weighted by Crippen LogP contribution is -2.25. The predicted octanol–water partition coefficient (Wildman–Crippen LogP) is 3.15. The third kappa shape index (κ3) is 2.48. The summed E-state index contributed by atoms with van der Waals surface area (Å²) in [5.74, 6) is 0. The Labute approximate surface area is 81.4 Å². The van der Waals surface area contributed by atoms with Crippen LogP contribution in [0.2, 0.25) is 0 Å². The van der Waals surface area contributed by atoms with Gasteiger partial charge in [-0.25, -0.2) is 0 Å². The van der Waals surface area contributed by atoms with Gasteiger partial charge in [-0.05, 0) is 51.0 Å². The molecule has 0 unspecified atom stereocenters. The Morgan fingerprint density at radius 2 is 1.46 bits per heavy atom. The maximum atomic E-state index is 2.29. The van der Waals surface area contributed by atoms with Gasteiger partial charge in [0, 0.05) is 18.8 Å². The van der Waals surface area contributed by atoms with Crippen molar-refractivity contribution in [3.05, 3.63) is 29.3 Å². The molecule has 1 aromatic carbocycles. The first kappa shape index (κ1) is 10.1. The monoisotopic (exact) mass is 177 g/mol. The molecule has 0 spiro atoms. The smallest absolute Gasteiger partial charge is 0.0371 e. The molecule has 0 aliphatic heterocycles. The highest BCUT2D eigenvalue weighted by Gasteiger charge is 2.04. The largest absolute Gasteiger partial charge is 0.372 e. The van der Waals surface area contributed by atoms with Gasteiger partial charge in [-0.3, -0.25) is 0 Å². The molecule has 0 aliphatic rings. The molecule has 0 N–H and O–H groups in total. The second-order valence-electron chi connectivity index (χ2n) is 4.05. The van der Waals surface area contributed by atoms with Crippen molar-refractivity contribution >= 4 is 5.69 Å². The van der Waals surface area contributed by atoms with E-state index in [4.69, 9.17) is 0 Å². The molecule has 72 valence electrons. The minimum absolute atomic E-state index is 0.557. The highest BCUT2D eigenvalue weighted by molar-refractivity contribution is 5.50. The van der Waals surface area contributed by atoms with Crippen LogP contribution in [0.1, 0.15) is 25.0 Å². The summed E-state index contributed by atoms with van der Waals surface area (Å²) in [6.45, 7) is 8.70. The van der Waals surface area contributed by atoms with Crippen LogP contribution in [0, 0.1) is 13.8 Å². The number of nitrogens with zero attached hydrogens (tertiary/aromatic N) is 1. The maximum absolute atomic E-state index is 2.29. The number of rotatable bonds is 2. The fourth-order valence-electron chi connectivity index (χ4n) is 1.45. The molecule has 1 heteroatoms. The van der Waals surface area contributed by atoms with Crippen molar-refractivity contribution in [3.63, 3.8) is 0 Å². The van der Waals surface area contributed by atoms with Crippen molar-refractivity contribution < 1.29 is 0 Å². The SMILES string of the molecule is Cc1cc(C)cc(N(C)C(C)C)c1. The Morgan fingerprint density at radius 3 is 1.85 bits per heavy atom. The Balaban J connectivity index is 3.01. The van der Waals surface area contributed by atoms with Gasteiger partial charge in [0.15, 0.2) is 0 Å². The van der Waals surface area contributed by atoms with E-state index in [1.807, 2.05) is 0 Å². The molecule has 0 atom stereocenters. The average Bonchev–Trinajstić information content (AvgIpc) is 2.01. The zero-order valence-electron chi connectivity index (χ0n) is 9.26. The fourth-order valence-corrected chi connectivity index (χ4v) is 1.45. The predicted molar refractivity (Wildman–Crippen MR) is 59.5 cm³/mol. The first-order valence-corrected chi connectivity index (χ1v) is 4.82. The molecule has 0 bridgehead atoms. The Hall–Kier alpha value is -0.980. The van der Waals surface area contributed by atoms with E-state index in [2.05, 4.69) is 57.8 Å². The standard InChI is InChI=1S/C12H19N/c1-9(2)13(5)12-7-10(3)6-11(4)8-12/h6-9H,1-5H3. The summed E-state index contributed by atoms with van der Waals surface area (Å²) in [5.41, 5.74) is 3.98. The van der Waals surface area contributed by atoms with E-state index >= 15 is 0 Å². The van der Waals surface area contributed by atoms with Crippen LogP contribution in [0.4, 0.5) is 5.69 Å². The van der Waals surface area contributed by atoms with Gasteiger partial charge < -0.3 is 4.90 Å². The maximum Gasteiger partial charge on any atom is 0.0371 e. The van der Waals surface area contributed by atoms with E-state index < -0.39 is 0 Å². The molecule has 1 aromatic rings. The minimum atomic E-state index is 0.557. The molecule has 0 heterocycles. The lowest BCUT2D eigenvalue weighted by Gasteiger charge is -2.24. The summed E-state index contributed by atoms with van der Waals surface area (Å²) < 4.78 is 0. The number of hydrogen-bond acceptors (Lipinski definition) is 1. The third-order valence-corrected chi connectivity index (χ3v) is 2.39. The van der Waals surface area contributed by atoms with E-state index in [1.165, 1.54) is 16.8 Å². The van der Waals surface area contributed by atoms with Crippen LogP contribution in [-0.2, 0) is 0 Å². The van der Waals surface area contributed by atoms with Crippen LogP contribution >= 0.6 is 0 Å². The number of hydrogen-bond donors (Lipinski definition) is 0. The van der Waals surface area contributed by atoms with Crippen molar-refractivity contribution in [2.75, 3.05) is 11.9 Å². The second-order valence-corrected chi connectivity index (χ2v) is 4.05. The number of benzene rings is 1. The topological polar surface area (TPSA) is 3.24 Å². The molecular weight excluding hydrogens is 158 g/mol. The van der Waals surface area contributed by atoms with Gasteiger partial charge in [-0.15, -0.1) is 0 Å². The van der Waals surface area contributed by atoms with Gasteiger partial charge in [0.1, 0.15) is 0 Å². The van der Waals surface area contributed by atoms with E-state index in [0.29, 0.717) is 6.04 Å². The minimum Gasteiger partial charge on any atom is -0.372 e. The zero-order valence-corrected chi connectivity index (χ0v) is 9.26. The quantitative estimate of drug-likeness (QED) is 0.670. The van der Waals surface area contributed by atoms with Crippen LogP contribution in [0.5, 0.6) is 0 Å². The summed E-state index contributed by atoms with van der Waals surface area (Å²) in [6, 6.07) is 7.22. The van der Waals surface area contributed by atoms with E-state index in [9.17, 15) is 0 Å². The first-order chi connectivity index (χ1) is 6.00. The van der Waals surface area contributed by atoms with Gasteiger partial charge in [0.2, 0.25) is 0 Å². The van der Waals surface area contributed by atoms with Crippen LogP contribution in [0.3, 0.4) is 0 Å². The van der Waals surface area contributed by atoms with E-state index in [-0.39, 0.29) is 0 Å². The highest BCUT2D eigenvalue weighted by Crippen LogP contribution is 2.18. The summed E-state index contributed by atoms with van der Waals surface area (Å²) in [7, 11) is 2.14. The lowest BCUT2D eigenvalue weighted by molar-refractivity contribution is 0.754. The number of anilines is 1. The van der Waals surface area contributed by atoms with Gasteiger partial charge in [-0.2, -0.15) is 0 Å². The number of aryl methyl sites for hydroxylation is 2.